The second-order valence-corrected chi connectivity index (χ2v) is 12.3. The molecular weight excluding hydrogens is 500 g/mol. The zero-order chi connectivity index (χ0) is 25.7. The quantitative estimate of drug-likeness (QED) is 0.475. The Balaban J connectivity index is 1.67. The number of nitrogens with zero attached hydrogens (tertiary/aromatic N) is 2. The molecule has 1 unspecified atom stereocenters. The van der Waals surface area contributed by atoms with Gasteiger partial charge in [-0.3, -0.25) is 14.4 Å². The number of likely N-dealkylation sites (tertiary alicyclic amines) is 1. The van der Waals surface area contributed by atoms with E-state index in [9.17, 15) is 19.5 Å². The van der Waals surface area contributed by atoms with Crippen molar-refractivity contribution in [2.45, 2.75) is 54.7 Å². The minimum atomic E-state index is -0.996. The van der Waals surface area contributed by atoms with E-state index in [0.29, 0.717) is 17.3 Å². The first-order valence-corrected chi connectivity index (χ1v) is 13.7. The van der Waals surface area contributed by atoms with Crippen molar-refractivity contribution in [1.29, 1.82) is 0 Å². The van der Waals surface area contributed by atoms with Gasteiger partial charge >= 0.3 is 5.97 Å². The largest absolute Gasteiger partial charge is 0.465 e. The lowest BCUT2D eigenvalue weighted by Crippen LogP contribution is -2.56. The summed E-state index contributed by atoms with van der Waals surface area (Å²) in [5, 5.41) is 10.5. The number of esters is 1. The van der Waals surface area contributed by atoms with Gasteiger partial charge in [-0.25, -0.2) is 0 Å². The maximum atomic E-state index is 14.3. The molecule has 4 aliphatic rings. The van der Waals surface area contributed by atoms with Crippen molar-refractivity contribution in [3.8, 4) is 0 Å². The Kier molecular flexibility index (Phi) is 6.72. The Hall–Kier alpha value is -2.29. The highest BCUT2D eigenvalue weighted by Gasteiger charge is 2.74. The minimum absolute atomic E-state index is 0.276. The van der Waals surface area contributed by atoms with E-state index in [1.165, 1.54) is 16.7 Å². The van der Waals surface area contributed by atoms with E-state index >= 15 is 0 Å². The van der Waals surface area contributed by atoms with Crippen LogP contribution in [0.25, 0.3) is 0 Å². The molecule has 4 heterocycles. The molecule has 0 aliphatic carbocycles. The number of aliphatic hydroxyl groups is 1. The first-order valence-electron chi connectivity index (χ1n) is 12.5. The maximum absolute atomic E-state index is 14.3. The summed E-state index contributed by atoms with van der Waals surface area (Å²) in [7, 11) is 0. The molecule has 2 amide bonds. The number of aliphatic hydroxyl groups excluding tert-OH is 1. The number of rotatable bonds is 3. The third kappa shape index (κ3) is 3.80. The summed E-state index contributed by atoms with van der Waals surface area (Å²) in [6.45, 7) is 3.99. The lowest BCUT2D eigenvalue weighted by Gasteiger charge is -2.39. The van der Waals surface area contributed by atoms with Crippen LogP contribution in [0.15, 0.2) is 48.6 Å². The van der Waals surface area contributed by atoms with Crippen molar-refractivity contribution in [2.24, 2.45) is 11.8 Å². The summed E-state index contributed by atoms with van der Waals surface area (Å²) in [5.41, 5.74) is 0.561. The number of hydrogen-bond acceptors (Lipinski definition) is 6. The zero-order valence-corrected chi connectivity index (χ0v) is 22.0. The van der Waals surface area contributed by atoms with Crippen molar-refractivity contribution >= 4 is 46.8 Å². The van der Waals surface area contributed by atoms with Gasteiger partial charge in [-0.15, -0.1) is 11.8 Å². The SMILES string of the molecule is C[C@H](CO)N1C(=O)[C@@H]2[C@@H]3C(=O)OCCCC/C=C\[C@]3(C)S[C@@]23C=CCN(c2ccccc2Cl)C(=O)C13. The van der Waals surface area contributed by atoms with E-state index in [2.05, 4.69) is 6.08 Å². The van der Waals surface area contributed by atoms with Gasteiger partial charge in [0.05, 0.1) is 46.5 Å². The average Bonchev–Trinajstić information content (AvgIpc) is 3.19. The van der Waals surface area contributed by atoms with Crippen molar-refractivity contribution in [1.82, 2.24) is 4.90 Å². The first-order chi connectivity index (χ1) is 17.2. The molecule has 0 saturated carbocycles. The molecule has 6 atom stereocenters. The summed E-state index contributed by atoms with van der Waals surface area (Å²) in [4.78, 5) is 45.1. The van der Waals surface area contributed by atoms with Crippen molar-refractivity contribution in [3.05, 3.63) is 53.6 Å². The monoisotopic (exact) mass is 530 g/mol. The number of halogens is 1. The molecule has 5 rings (SSSR count). The Bertz CT molecular complexity index is 1140. The lowest BCUT2D eigenvalue weighted by atomic mass is 9.74. The summed E-state index contributed by atoms with van der Waals surface area (Å²) < 4.78 is 3.95. The fourth-order valence-electron chi connectivity index (χ4n) is 6.19. The fraction of sp³-hybridized carbons (Fsp3) is 0.519. The van der Waals surface area contributed by atoms with Crippen LogP contribution in [0.1, 0.15) is 33.1 Å². The molecule has 2 saturated heterocycles. The predicted molar refractivity (Wildman–Crippen MR) is 140 cm³/mol. The number of carbonyl (C=O) groups excluding carboxylic acids is 3. The zero-order valence-electron chi connectivity index (χ0n) is 20.4. The number of carbonyl (C=O) groups is 3. The third-order valence-electron chi connectivity index (χ3n) is 7.82. The van der Waals surface area contributed by atoms with Gasteiger partial charge in [0.2, 0.25) is 5.91 Å². The van der Waals surface area contributed by atoms with E-state index in [0.717, 1.165) is 19.3 Å². The number of allylic oxidation sites excluding steroid dienone is 1. The average molecular weight is 531 g/mol. The highest BCUT2D eigenvalue weighted by Crippen LogP contribution is 2.65. The molecule has 1 spiro atoms. The Labute approximate surface area is 220 Å². The lowest BCUT2D eigenvalue weighted by molar-refractivity contribution is -0.154. The number of amides is 2. The van der Waals surface area contributed by atoms with E-state index in [-0.39, 0.29) is 25.0 Å². The van der Waals surface area contributed by atoms with E-state index in [1.54, 1.807) is 30.0 Å². The van der Waals surface area contributed by atoms with Crippen LogP contribution in [-0.4, -0.2) is 69.1 Å². The second kappa shape index (κ2) is 9.54. The Morgan fingerprint density at radius 2 is 1.92 bits per heavy atom. The first kappa shape index (κ1) is 25.4. The molecule has 1 N–H and O–H groups in total. The van der Waals surface area contributed by atoms with Crippen LogP contribution in [0.5, 0.6) is 0 Å². The molecule has 36 heavy (non-hydrogen) atoms. The molecule has 2 fully saturated rings. The van der Waals surface area contributed by atoms with Crippen LogP contribution >= 0.6 is 23.4 Å². The van der Waals surface area contributed by atoms with Crippen LogP contribution < -0.4 is 4.90 Å². The number of benzene rings is 1. The van der Waals surface area contributed by atoms with Gasteiger partial charge in [0.25, 0.3) is 5.91 Å². The Morgan fingerprint density at radius 1 is 1.14 bits per heavy atom. The minimum Gasteiger partial charge on any atom is -0.465 e. The van der Waals surface area contributed by atoms with Gasteiger partial charge in [-0.2, -0.15) is 0 Å². The highest BCUT2D eigenvalue weighted by atomic mass is 35.5. The summed E-state index contributed by atoms with van der Waals surface area (Å²) in [5.74, 6) is -2.54. The molecule has 192 valence electrons. The van der Waals surface area contributed by atoms with Gasteiger partial charge in [0.15, 0.2) is 0 Å². The molecule has 0 aromatic heterocycles. The van der Waals surface area contributed by atoms with Crippen LogP contribution in [-0.2, 0) is 19.1 Å². The number of hydrogen-bond donors (Lipinski definition) is 1. The molecule has 9 heteroatoms. The molecular formula is C27H31ClN2O5S. The summed E-state index contributed by atoms with van der Waals surface area (Å²) >= 11 is 7.97. The van der Waals surface area contributed by atoms with E-state index in [4.69, 9.17) is 16.3 Å². The normalized spacial score (nSPS) is 36.0. The number of cyclic esters (lactones) is 1. The summed E-state index contributed by atoms with van der Waals surface area (Å²) in [6, 6.07) is 5.61. The van der Waals surface area contributed by atoms with Crippen molar-refractivity contribution in [3.63, 3.8) is 0 Å². The molecule has 1 aromatic carbocycles. The molecule has 1 aromatic rings. The number of anilines is 1. The maximum Gasteiger partial charge on any atom is 0.311 e. The van der Waals surface area contributed by atoms with E-state index in [1.807, 2.05) is 31.2 Å². The number of thioether (sulfide) groups is 1. The molecule has 7 nitrogen and oxygen atoms in total. The standard InChI is InChI=1S/C27H31ClN2O5S/c1-17(16-31)30-22-24(33)29(19-11-6-5-10-18(19)28)14-9-13-27(22)20(23(30)32)21-25(34)35-15-8-4-3-7-12-26(21,2)36-27/h5-7,9-13,17,20-22,31H,3-4,8,14-16H2,1-2H3/b12-7-/t17-,20+,21-,22?,26+,27+/m1/s1. The molecule has 4 aliphatic heterocycles. The Morgan fingerprint density at radius 3 is 2.67 bits per heavy atom. The van der Waals surface area contributed by atoms with Crippen LogP contribution in [0, 0.1) is 11.8 Å². The molecule has 0 radical (unpaired) electrons. The fourth-order valence-corrected chi connectivity index (χ4v) is 8.56. The van der Waals surface area contributed by atoms with Gasteiger partial charge in [0.1, 0.15) is 6.04 Å². The second-order valence-electron chi connectivity index (χ2n) is 10.1. The van der Waals surface area contributed by atoms with Gasteiger partial charge < -0.3 is 19.6 Å². The molecule has 0 bridgehead atoms. The summed E-state index contributed by atoms with van der Waals surface area (Å²) in [6.07, 6.45) is 10.5. The third-order valence-corrected chi connectivity index (χ3v) is 9.94. The van der Waals surface area contributed by atoms with Crippen LogP contribution in [0.4, 0.5) is 5.69 Å². The van der Waals surface area contributed by atoms with Gasteiger partial charge in [-0.05, 0) is 45.2 Å². The van der Waals surface area contributed by atoms with Gasteiger partial charge in [0, 0.05) is 11.3 Å². The smallest absolute Gasteiger partial charge is 0.311 e. The number of para-hydroxylation sites is 1. The number of ether oxygens (including phenoxy) is 1. The number of fused-ring (bicyclic) bond motifs is 2. The van der Waals surface area contributed by atoms with Crippen molar-refractivity contribution < 1.29 is 24.2 Å². The highest BCUT2D eigenvalue weighted by molar-refractivity contribution is 8.02. The topological polar surface area (TPSA) is 87.2 Å². The predicted octanol–water partition coefficient (Wildman–Crippen LogP) is 3.59. The van der Waals surface area contributed by atoms with Crippen LogP contribution in [0.2, 0.25) is 5.02 Å². The van der Waals surface area contributed by atoms with Crippen LogP contribution in [0.3, 0.4) is 0 Å². The van der Waals surface area contributed by atoms with Gasteiger partial charge in [-0.1, -0.05) is 48.0 Å². The van der Waals surface area contributed by atoms with E-state index < -0.39 is 39.4 Å². The van der Waals surface area contributed by atoms with Crippen molar-refractivity contribution in [2.75, 3.05) is 24.7 Å².